The van der Waals surface area contributed by atoms with Crippen LogP contribution in [-0.2, 0) is 9.53 Å². The molecule has 0 N–H and O–H groups in total. The fourth-order valence-corrected chi connectivity index (χ4v) is 1.34. The summed E-state index contributed by atoms with van der Waals surface area (Å²) in [6.07, 6.45) is 3.73. The van der Waals surface area contributed by atoms with Crippen LogP contribution in [0.3, 0.4) is 0 Å². The van der Waals surface area contributed by atoms with Crippen LogP contribution in [0.4, 0.5) is 0 Å². The normalized spacial score (nSPS) is 12.9. The van der Waals surface area contributed by atoms with Gasteiger partial charge in [0.25, 0.3) is 0 Å². The predicted molar refractivity (Wildman–Crippen MR) is 70.9 cm³/mol. The first-order valence-corrected chi connectivity index (χ1v) is 5.88. The Kier molecular flexibility index (Phi) is 5.13. The highest BCUT2D eigenvalue weighted by molar-refractivity contribution is 5.94. The molecule has 0 radical (unpaired) electrons. The highest BCUT2D eigenvalue weighted by atomic mass is 16.6. The summed E-state index contributed by atoms with van der Waals surface area (Å²) < 4.78 is 10.4. The van der Waals surface area contributed by atoms with Gasteiger partial charge in [0, 0.05) is 5.56 Å². The number of rotatable bonds is 5. The lowest BCUT2D eigenvalue weighted by Gasteiger charge is -2.15. The number of Topliss-reactive ketones (excluding diaryl/α,β-unsaturated/α-hetero) is 1. The Bertz CT molecular complexity index is 513. The zero-order chi connectivity index (χ0) is 14.4. The van der Waals surface area contributed by atoms with Gasteiger partial charge in [-0.25, -0.2) is 4.79 Å². The molecule has 1 rings (SSSR count). The Morgan fingerprint density at radius 1 is 1.32 bits per heavy atom. The van der Waals surface area contributed by atoms with E-state index in [1.807, 2.05) is 0 Å². The van der Waals surface area contributed by atoms with Gasteiger partial charge in [-0.3, -0.25) is 4.79 Å². The Hall–Kier alpha value is -2.28. The van der Waals surface area contributed by atoms with Gasteiger partial charge in [0.05, 0.1) is 0 Å². The van der Waals surface area contributed by atoms with Gasteiger partial charge < -0.3 is 9.47 Å². The molecule has 0 bridgehead atoms. The number of terminal acetylenes is 1. The van der Waals surface area contributed by atoms with Crippen LogP contribution in [0.15, 0.2) is 24.3 Å². The standard InChI is InChI=1S/C15H16O4/c1-5-10(2)18-15(17)12(4)19-14-8-6-7-13(9-14)11(3)16/h1,6-10,12H,2-4H3. The largest absolute Gasteiger partial charge is 0.479 e. The van der Waals surface area contributed by atoms with Crippen molar-refractivity contribution in [2.75, 3.05) is 0 Å². The number of carbonyl (C=O) groups is 2. The Morgan fingerprint density at radius 3 is 2.58 bits per heavy atom. The zero-order valence-corrected chi connectivity index (χ0v) is 11.2. The van der Waals surface area contributed by atoms with Gasteiger partial charge in [0.1, 0.15) is 5.75 Å². The van der Waals surface area contributed by atoms with Crippen molar-refractivity contribution in [1.29, 1.82) is 0 Å². The van der Waals surface area contributed by atoms with Crippen molar-refractivity contribution in [2.45, 2.75) is 33.0 Å². The number of hydrogen-bond acceptors (Lipinski definition) is 4. The van der Waals surface area contributed by atoms with E-state index in [1.54, 1.807) is 38.1 Å². The molecule has 0 amide bonds. The van der Waals surface area contributed by atoms with Crippen molar-refractivity contribution in [3.05, 3.63) is 29.8 Å². The Labute approximate surface area is 112 Å². The molecule has 0 saturated heterocycles. The van der Waals surface area contributed by atoms with Crippen molar-refractivity contribution >= 4 is 11.8 Å². The maximum atomic E-state index is 11.6. The molecule has 0 heterocycles. The summed E-state index contributed by atoms with van der Waals surface area (Å²) in [6, 6.07) is 6.62. The van der Waals surface area contributed by atoms with Gasteiger partial charge >= 0.3 is 5.97 Å². The number of ether oxygens (including phenoxy) is 2. The van der Waals surface area contributed by atoms with Gasteiger partial charge in [-0.15, -0.1) is 6.42 Å². The topological polar surface area (TPSA) is 52.6 Å². The number of hydrogen-bond donors (Lipinski definition) is 0. The minimum absolute atomic E-state index is 0.0679. The van der Waals surface area contributed by atoms with Gasteiger partial charge in [-0.1, -0.05) is 18.1 Å². The fraction of sp³-hybridized carbons (Fsp3) is 0.333. The summed E-state index contributed by atoms with van der Waals surface area (Å²) in [5.41, 5.74) is 0.523. The third kappa shape index (κ3) is 4.47. The maximum absolute atomic E-state index is 11.6. The Morgan fingerprint density at radius 2 is 2.00 bits per heavy atom. The highest BCUT2D eigenvalue weighted by Crippen LogP contribution is 2.16. The third-order valence-corrected chi connectivity index (χ3v) is 2.41. The lowest BCUT2D eigenvalue weighted by atomic mass is 10.1. The van der Waals surface area contributed by atoms with Crippen LogP contribution in [0, 0.1) is 12.3 Å². The minimum Gasteiger partial charge on any atom is -0.479 e. The van der Waals surface area contributed by atoms with Crippen LogP contribution in [-0.4, -0.2) is 24.0 Å². The summed E-state index contributed by atoms with van der Waals surface area (Å²) in [5.74, 6) is 2.12. The first kappa shape index (κ1) is 14.8. The van der Waals surface area contributed by atoms with E-state index in [0.29, 0.717) is 11.3 Å². The second-order valence-corrected chi connectivity index (χ2v) is 4.09. The highest BCUT2D eigenvalue weighted by Gasteiger charge is 2.18. The van der Waals surface area contributed by atoms with Crippen LogP contribution in [0.5, 0.6) is 5.75 Å². The molecule has 0 aliphatic heterocycles. The maximum Gasteiger partial charge on any atom is 0.348 e. The molecule has 0 saturated carbocycles. The molecule has 100 valence electrons. The van der Waals surface area contributed by atoms with E-state index >= 15 is 0 Å². The predicted octanol–water partition coefficient (Wildman–Crippen LogP) is 2.22. The molecule has 0 fully saturated rings. The quantitative estimate of drug-likeness (QED) is 0.463. The van der Waals surface area contributed by atoms with Crippen LogP contribution < -0.4 is 4.74 Å². The lowest BCUT2D eigenvalue weighted by Crippen LogP contribution is -2.28. The molecular formula is C15H16O4. The first-order chi connectivity index (χ1) is 8.93. The van der Waals surface area contributed by atoms with Gasteiger partial charge in [0.2, 0.25) is 0 Å². The monoisotopic (exact) mass is 260 g/mol. The number of ketones is 1. The van der Waals surface area contributed by atoms with E-state index in [4.69, 9.17) is 15.9 Å². The van der Waals surface area contributed by atoms with Crippen molar-refractivity contribution in [2.24, 2.45) is 0 Å². The molecular weight excluding hydrogens is 244 g/mol. The molecule has 4 nitrogen and oxygen atoms in total. The summed E-state index contributed by atoms with van der Waals surface area (Å²) in [5, 5.41) is 0. The molecule has 0 aliphatic rings. The fourth-order valence-electron chi connectivity index (χ4n) is 1.34. The molecule has 0 aliphatic carbocycles. The zero-order valence-electron chi connectivity index (χ0n) is 11.2. The number of esters is 1. The third-order valence-electron chi connectivity index (χ3n) is 2.41. The summed E-state index contributed by atoms with van der Waals surface area (Å²) in [6.45, 7) is 4.62. The van der Waals surface area contributed by atoms with E-state index in [2.05, 4.69) is 5.92 Å². The van der Waals surface area contributed by atoms with Crippen molar-refractivity contribution in [3.63, 3.8) is 0 Å². The molecule has 1 aromatic rings. The molecule has 19 heavy (non-hydrogen) atoms. The summed E-state index contributed by atoms with van der Waals surface area (Å²) in [4.78, 5) is 22.9. The SMILES string of the molecule is C#CC(C)OC(=O)C(C)Oc1cccc(C(C)=O)c1. The molecule has 2 atom stereocenters. The van der Waals surface area contributed by atoms with Crippen LogP contribution in [0.2, 0.25) is 0 Å². The van der Waals surface area contributed by atoms with Crippen molar-refractivity contribution in [3.8, 4) is 18.1 Å². The molecule has 4 heteroatoms. The van der Waals surface area contributed by atoms with Crippen molar-refractivity contribution < 1.29 is 19.1 Å². The van der Waals surface area contributed by atoms with Gasteiger partial charge in [0.15, 0.2) is 18.0 Å². The van der Waals surface area contributed by atoms with E-state index in [-0.39, 0.29) is 5.78 Å². The van der Waals surface area contributed by atoms with E-state index in [9.17, 15) is 9.59 Å². The second-order valence-electron chi connectivity index (χ2n) is 4.09. The molecule has 0 aromatic heterocycles. The Balaban J connectivity index is 2.69. The average Bonchev–Trinajstić information content (AvgIpc) is 2.38. The van der Waals surface area contributed by atoms with E-state index in [1.165, 1.54) is 6.92 Å². The lowest BCUT2D eigenvalue weighted by molar-refractivity contribution is -0.153. The van der Waals surface area contributed by atoms with E-state index in [0.717, 1.165) is 0 Å². The first-order valence-electron chi connectivity index (χ1n) is 5.88. The summed E-state index contributed by atoms with van der Waals surface area (Å²) >= 11 is 0. The molecule has 1 aromatic carbocycles. The minimum atomic E-state index is -0.794. The van der Waals surface area contributed by atoms with Crippen molar-refractivity contribution in [1.82, 2.24) is 0 Å². The number of benzene rings is 1. The van der Waals surface area contributed by atoms with Crippen LogP contribution in [0.25, 0.3) is 0 Å². The van der Waals surface area contributed by atoms with Crippen LogP contribution in [0.1, 0.15) is 31.1 Å². The molecule has 2 unspecified atom stereocenters. The molecule has 0 spiro atoms. The van der Waals surface area contributed by atoms with Gasteiger partial charge in [-0.2, -0.15) is 0 Å². The average molecular weight is 260 g/mol. The smallest absolute Gasteiger partial charge is 0.348 e. The summed E-state index contributed by atoms with van der Waals surface area (Å²) in [7, 11) is 0. The number of carbonyl (C=O) groups excluding carboxylic acids is 2. The second kappa shape index (κ2) is 6.60. The van der Waals surface area contributed by atoms with Gasteiger partial charge in [-0.05, 0) is 32.9 Å². The van der Waals surface area contributed by atoms with E-state index < -0.39 is 18.2 Å². The van der Waals surface area contributed by atoms with Crippen LogP contribution >= 0.6 is 0 Å².